The summed E-state index contributed by atoms with van der Waals surface area (Å²) in [5, 5.41) is 3.48. The van der Waals surface area contributed by atoms with E-state index in [1.807, 2.05) is 18.2 Å². The second-order valence-corrected chi connectivity index (χ2v) is 4.67. The number of halogens is 2. The third kappa shape index (κ3) is 6.15. The van der Waals surface area contributed by atoms with E-state index in [0.717, 1.165) is 37.8 Å². The molecule has 0 aliphatic carbocycles. The third-order valence-electron chi connectivity index (χ3n) is 3.05. The maximum Gasteiger partial charge on any atom is 0.387 e. The topological polar surface area (TPSA) is 21.3 Å². The van der Waals surface area contributed by atoms with Gasteiger partial charge < -0.3 is 10.1 Å². The molecule has 1 aromatic carbocycles. The van der Waals surface area contributed by atoms with Gasteiger partial charge in [0, 0.05) is 6.04 Å². The lowest BCUT2D eigenvalue weighted by Gasteiger charge is -2.19. The smallest absolute Gasteiger partial charge is 0.387 e. The molecule has 0 aliphatic rings. The average molecular weight is 283 g/mol. The molecule has 0 aliphatic heterocycles. The summed E-state index contributed by atoms with van der Waals surface area (Å²) in [7, 11) is 0. The van der Waals surface area contributed by atoms with Crippen LogP contribution < -0.4 is 10.1 Å². The summed E-state index contributed by atoms with van der Waals surface area (Å²) in [5.41, 5.74) is 1.10. The zero-order chi connectivity index (χ0) is 14.8. The van der Waals surface area contributed by atoms with E-state index in [9.17, 15) is 8.78 Å². The molecule has 1 N–H and O–H groups in total. The Hall–Kier alpha value is -1.42. The van der Waals surface area contributed by atoms with E-state index in [-0.39, 0.29) is 11.8 Å². The molecule has 4 heteroatoms. The fraction of sp³-hybridized carbons (Fsp3) is 0.500. The van der Waals surface area contributed by atoms with Gasteiger partial charge in [-0.05, 0) is 49.9 Å². The van der Waals surface area contributed by atoms with Crippen LogP contribution in [0.2, 0.25) is 0 Å². The van der Waals surface area contributed by atoms with E-state index in [0.29, 0.717) is 0 Å². The van der Waals surface area contributed by atoms with Gasteiger partial charge in [0.15, 0.2) is 0 Å². The molecular formula is C16H23F2NO. The molecule has 0 bridgehead atoms. The van der Waals surface area contributed by atoms with Crippen molar-refractivity contribution in [2.45, 2.75) is 45.3 Å². The summed E-state index contributed by atoms with van der Waals surface area (Å²) < 4.78 is 28.6. The van der Waals surface area contributed by atoms with E-state index in [2.05, 4.69) is 23.6 Å². The number of ether oxygens (including phenoxy) is 1. The first-order chi connectivity index (χ1) is 9.67. The number of alkyl halides is 2. The summed E-state index contributed by atoms with van der Waals surface area (Å²) in [6.07, 6.45) is 6.01. The third-order valence-corrected chi connectivity index (χ3v) is 3.05. The average Bonchev–Trinajstić information content (AvgIpc) is 2.43. The molecule has 1 aromatic rings. The normalized spacial score (nSPS) is 12.4. The van der Waals surface area contributed by atoms with Gasteiger partial charge in [-0.25, -0.2) is 0 Å². The Morgan fingerprint density at radius 3 is 2.55 bits per heavy atom. The van der Waals surface area contributed by atoms with Crippen molar-refractivity contribution in [3.05, 3.63) is 42.5 Å². The highest BCUT2D eigenvalue weighted by molar-refractivity contribution is 5.29. The molecule has 0 amide bonds. The number of hydrogen-bond acceptors (Lipinski definition) is 2. The van der Waals surface area contributed by atoms with Gasteiger partial charge in [-0.3, -0.25) is 0 Å². The lowest BCUT2D eigenvalue weighted by atomic mass is 10.0. The van der Waals surface area contributed by atoms with Crippen LogP contribution in [0.3, 0.4) is 0 Å². The molecule has 0 radical (unpaired) electrons. The minimum Gasteiger partial charge on any atom is -0.435 e. The number of rotatable bonds is 10. The first-order valence-corrected chi connectivity index (χ1v) is 7.06. The lowest BCUT2D eigenvalue weighted by Crippen LogP contribution is -2.22. The van der Waals surface area contributed by atoms with E-state index >= 15 is 0 Å². The molecule has 0 saturated heterocycles. The van der Waals surface area contributed by atoms with Crippen molar-refractivity contribution in [1.29, 1.82) is 0 Å². The number of unbranched alkanes of at least 4 members (excludes halogenated alkanes) is 1. The molecule has 0 aromatic heterocycles. The minimum atomic E-state index is -2.78. The quantitative estimate of drug-likeness (QED) is 0.497. The summed E-state index contributed by atoms with van der Waals surface area (Å²) in [5.74, 6) is 0.198. The fourth-order valence-electron chi connectivity index (χ4n) is 2.05. The number of benzene rings is 1. The molecule has 1 atom stereocenters. The standard InChI is InChI=1S/C16H23F2NO/c1-3-5-6-7-15(19-12-4-2)13-8-10-14(11-9-13)20-16(17)18/h3,8-11,15-16,19H,1,4-7,12H2,2H3. The molecule has 1 unspecified atom stereocenters. The van der Waals surface area contributed by atoms with Crippen LogP contribution in [0, 0.1) is 0 Å². The maximum absolute atomic E-state index is 12.1. The van der Waals surface area contributed by atoms with Crippen molar-refractivity contribution in [2.75, 3.05) is 6.54 Å². The predicted molar refractivity (Wildman–Crippen MR) is 78.2 cm³/mol. The SMILES string of the molecule is C=CCCCC(NCCC)c1ccc(OC(F)F)cc1. The Labute approximate surface area is 119 Å². The zero-order valence-electron chi connectivity index (χ0n) is 11.9. The van der Waals surface area contributed by atoms with Crippen LogP contribution in [-0.4, -0.2) is 13.2 Å². The molecule has 0 spiro atoms. The van der Waals surface area contributed by atoms with E-state index in [1.54, 1.807) is 12.1 Å². The lowest BCUT2D eigenvalue weighted by molar-refractivity contribution is -0.0498. The second-order valence-electron chi connectivity index (χ2n) is 4.67. The van der Waals surface area contributed by atoms with Crippen LogP contribution in [0.4, 0.5) is 8.78 Å². The van der Waals surface area contributed by atoms with Crippen LogP contribution in [0.5, 0.6) is 5.75 Å². The Morgan fingerprint density at radius 1 is 1.30 bits per heavy atom. The van der Waals surface area contributed by atoms with Crippen molar-refractivity contribution in [1.82, 2.24) is 5.32 Å². The van der Waals surface area contributed by atoms with Crippen LogP contribution in [-0.2, 0) is 0 Å². The van der Waals surface area contributed by atoms with Crippen molar-refractivity contribution in [2.24, 2.45) is 0 Å². The van der Waals surface area contributed by atoms with Gasteiger partial charge in [0.25, 0.3) is 0 Å². The van der Waals surface area contributed by atoms with Gasteiger partial charge in [-0.15, -0.1) is 6.58 Å². The van der Waals surface area contributed by atoms with Crippen LogP contribution in [0.25, 0.3) is 0 Å². The second kappa shape index (κ2) is 9.48. The Balaban J connectivity index is 2.65. The Kier molecular flexibility index (Phi) is 7.88. The minimum absolute atomic E-state index is 0.198. The number of allylic oxidation sites excluding steroid dienone is 1. The van der Waals surface area contributed by atoms with Gasteiger partial charge in [-0.1, -0.05) is 25.1 Å². The first-order valence-electron chi connectivity index (χ1n) is 7.06. The van der Waals surface area contributed by atoms with Crippen LogP contribution in [0.1, 0.15) is 44.2 Å². The van der Waals surface area contributed by atoms with Crippen molar-refractivity contribution >= 4 is 0 Å². The summed E-state index contributed by atoms with van der Waals surface area (Å²) >= 11 is 0. The van der Waals surface area contributed by atoms with E-state index < -0.39 is 6.61 Å². The molecule has 1 rings (SSSR count). The molecule has 0 heterocycles. The molecule has 0 saturated carbocycles. The van der Waals surface area contributed by atoms with E-state index in [1.165, 1.54) is 0 Å². The van der Waals surface area contributed by atoms with Gasteiger partial charge in [0.2, 0.25) is 0 Å². The van der Waals surface area contributed by atoms with E-state index in [4.69, 9.17) is 0 Å². The highest BCUT2D eigenvalue weighted by Crippen LogP contribution is 2.23. The van der Waals surface area contributed by atoms with Gasteiger partial charge in [0.05, 0.1) is 0 Å². The summed E-state index contributed by atoms with van der Waals surface area (Å²) in [6.45, 7) is 4.01. The summed E-state index contributed by atoms with van der Waals surface area (Å²) in [4.78, 5) is 0. The van der Waals surface area contributed by atoms with Crippen molar-refractivity contribution < 1.29 is 13.5 Å². The van der Waals surface area contributed by atoms with Gasteiger partial charge >= 0.3 is 6.61 Å². The molecule has 2 nitrogen and oxygen atoms in total. The largest absolute Gasteiger partial charge is 0.435 e. The molecule has 112 valence electrons. The highest BCUT2D eigenvalue weighted by Gasteiger charge is 2.11. The Bertz CT molecular complexity index is 379. The number of nitrogens with one attached hydrogen (secondary N) is 1. The summed E-state index contributed by atoms with van der Waals surface area (Å²) in [6, 6.07) is 7.12. The maximum atomic E-state index is 12.1. The van der Waals surface area contributed by atoms with Gasteiger partial charge in [-0.2, -0.15) is 8.78 Å². The van der Waals surface area contributed by atoms with Crippen molar-refractivity contribution in [3.8, 4) is 5.75 Å². The molecule has 0 fully saturated rings. The fourth-order valence-corrected chi connectivity index (χ4v) is 2.05. The molecule has 20 heavy (non-hydrogen) atoms. The first kappa shape index (κ1) is 16.6. The van der Waals surface area contributed by atoms with Crippen molar-refractivity contribution in [3.63, 3.8) is 0 Å². The predicted octanol–water partition coefficient (Wildman–Crippen LogP) is 4.69. The van der Waals surface area contributed by atoms with Crippen LogP contribution >= 0.6 is 0 Å². The monoisotopic (exact) mass is 283 g/mol. The van der Waals surface area contributed by atoms with Gasteiger partial charge in [0.1, 0.15) is 5.75 Å². The Morgan fingerprint density at radius 2 is 2.00 bits per heavy atom. The number of hydrogen-bond donors (Lipinski definition) is 1. The zero-order valence-corrected chi connectivity index (χ0v) is 11.9. The van der Waals surface area contributed by atoms with Crippen LogP contribution in [0.15, 0.2) is 36.9 Å². The molecular weight excluding hydrogens is 260 g/mol. The highest BCUT2D eigenvalue weighted by atomic mass is 19.3.